The van der Waals surface area contributed by atoms with Crippen molar-refractivity contribution >= 4 is 59.5 Å². The second-order valence-electron chi connectivity index (χ2n) is 9.59. The van der Waals surface area contributed by atoms with Crippen LogP contribution in [0.4, 0.5) is 20.3 Å². The average Bonchev–Trinajstić information content (AvgIpc) is 3.43. The number of halogens is 3. The summed E-state index contributed by atoms with van der Waals surface area (Å²) in [6.07, 6.45) is 1.92. The maximum Gasteiger partial charge on any atom is 0.152 e. The molecule has 0 bridgehead atoms. The molecule has 8 nitrogen and oxygen atoms in total. The normalized spacial score (nSPS) is 11.6. The summed E-state index contributed by atoms with van der Waals surface area (Å²) in [4.78, 5) is 13.1. The summed E-state index contributed by atoms with van der Waals surface area (Å²) in [5.41, 5.74) is 2.53. The molecule has 5 aromatic rings. The Morgan fingerprint density at radius 2 is 1.88 bits per heavy atom. The van der Waals surface area contributed by atoms with Crippen molar-refractivity contribution < 1.29 is 26.7 Å². The number of nitrogens with zero attached hydrogens (tertiary/aromatic N) is 3. The third-order valence-corrected chi connectivity index (χ3v) is 9.57. The van der Waals surface area contributed by atoms with Crippen LogP contribution in [0.3, 0.4) is 0 Å². The van der Waals surface area contributed by atoms with Crippen molar-refractivity contribution in [1.82, 2.24) is 15.0 Å². The standard InChI is InChI=1S/C30H27BrF2N4O4S2/c1-2-9-43(38,39)10-8-40-16-29-37-27(17-42-29)22-13-23-26(14-25(22)33)34-18-35-30(23)36-21-6-7-28(24(31)12-21)41-15-19-4-3-5-20(32)11-19/h3-7,11-14,17-18H,2,8-10,15-16H2,1H3,(H,34,35,36). The Labute approximate surface area is 260 Å². The van der Waals surface area contributed by atoms with Crippen molar-refractivity contribution in [1.29, 1.82) is 0 Å². The number of anilines is 2. The maximum atomic E-state index is 15.1. The van der Waals surface area contributed by atoms with E-state index in [9.17, 15) is 12.8 Å². The average molecular weight is 690 g/mol. The molecule has 2 heterocycles. The van der Waals surface area contributed by atoms with Gasteiger partial charge in [0.05, 0.1) is 34.6 Å². The van der Waals surface area contributed by atoms with Crippen LogP contribution in [0.2, 0.25) is 0 Å². The molecule has 0 radical (unpaired) electrons. The van der Waals surface area contributed by atoms with E-state index in [2.05, 4.69) is 36.2 Å². The number of sulfone groups is 1. The molecule has 43 heavy (non-hydrogen) atoms. The third-order valence-electron chi connectivity index (χ3n) is 6.31. The number of ether oxygens (including phenoxy) is 2. The second kappa shape index (κ2) is 13.8. The van der Waals surface area contributed by atoms with Gasteiger partial charge in [-0.25, -0.2) is 32.2 Å². The van der Waals surface area contributed by atoms with Gasteiger partial charge in [0.1, 0.15) is 41.1 Å². The molecule has 224 valence electrons. The van der Waals surface area contributed by atoms with Gasteiger partial charge in [-0.1, -0.05) is 19.1 Å². The number of fused-ring (bicyclic) bond motifs is 1. The minimum Gasteiger partial charge on any atom is -0.488 e. The molecule has 0 aliphatic carbocycles. The van der Waals surface area contributed by atoms with Crippen LogP contribution >= 0.6 is 27.3 Å². The fourth-order valence-corrected chi connectivity index (χ4v) is 6.67. The summed E-state index contributed by atoms with van der Waals surface area (Å²) in [6.45, 7) is 2.23. The van der Waals surface area contributed by atoms with Crippen molar-refractivity contribution in [2.24, 2.45) is 0 Å². The van der Waals surface area contributed by atoms with Crippen molar-refractivity contribution in [3.8, 4) is 17.0 Å². The molecule has 0 aliphatic heterocycles. The number of thiazole rings is 1. The Balaban J connectivity index is 1.29. The van der Waals surface area contributed by atoms with Gasteiger partial charge in [-0.05, 0) is 64.3 Å². The maximum absolute atomic E-state index is 15.1. The smallest absolute Gasteiger partial charge is 0.152 e. The molecule has 0 saturated carbocycles. The van der Waals surface area contributed by atoms with E-state index < -0.39 is 15.7 Å². The minimum absolute atomic E-state index is 0.0462. The van der Waals surface area contributed by atoms with Crippen LogP contribution in [-0.2, 0) is 27.8 Å². The topological polar surface area (TPSA) is 103 Å². The predicted molar refractivity (Wildman–Crippen MR) is 167 cm³/mol. The minimum atomic E-state index is -3.13. The van der Waals surface area contributed by atoms with E-state index in [-0.39, 0.29) is 42.7 Å². The highest BCUT2D eigenvalue weighted by molar-refractivity contribution is 9.10. The van der Waals surface area contributed by atoms with Gasteiger partial charge in [0, 0.05) is 33.8 Å². The number of hydrogen-bond donors (Lipinski definition) is 1. The Kier molecular flexibility index (Phi) is 9.96. The molecule has 3 aromatic carbocycles. The lowest BCUT2D eigenvalue weighted by atomic mass is 10.1. The first-order chi connectivity index (χ1) is 20.7. The molecule has 0 unspecified atom stereocenters. The Morgan fingerprint density at radius 3 is 2.67 bits per heavy atom. The number of aromatic nitrogens is 3. The summed E-state index contributed by atoms with van der Waals surface area (Å²) in [7, 11) is -3.13. The van der Waals surface area contributed by atoms with Crippen molar-refractivity contribution in [3.63, 3.8) is 0 Å². The van der Waals surface area contributed by atoms with E-state index in [1.54, 1.807) is 29.6 Å². The highest BCUT2D eigenvalue weighted by Gasteiger charge is 2.16. The molecule has 0 spiro atoms. The van der Waals surface area contributed by atoms with Gasteiger partial charge in [-0.3, -0.25) is 0 Å². The summed E-state index contributed by atoms with van der Waals surface area (Å²) in [5, 5.41) is 6.19. The fraction of sp³-hybridized carbons (Fsp3) is 0.233. The van der Waals surface area contributed by atoms with E-state index in [0.717, 1.165) is 0 Å². The van der Waals surface area contributed by atoms with Crippen molar-refractivity contribution in [2.75, 3.05) is 23.4 Å². The number of rotatable bonds is 13. The quantitative estimate of drug-likeness (QED) is 0.127. The van der Waals surface area contributed by atoms with Crippen LogP contribution in [0, 0.1) is 11.6 Å². The first-order valence-electron chi connectivity index (χ1n) is 13.3. The predicted octanol–water partition coefficient (Wildman–Crippen LogP) is 7.46. The zero-order valence-corrected chi connectivity index (χ0v) is 26.2. The van der Waals surface area contributed by atoms with Gasteiger partial charge >= 0.3 is 0 Å². The molecule has 0 atom stereocenters. The molecule has 2 aromatic heterocycles. The fourth-order valence-electron chi connectivity index (χ4n) is 4.25. The molecule has 5 rings (SSSR count). The summed E-state index contributed by atoms with van der Waals surface area (Å²) >= 11 is 4.83. The molecule has 0 amide bonds. The Bertz CT molecular complexity index is 1850. The highest BCUT2D eigenvalue weighted by atomic mass is 79.9. The van der Waals surface area contributed by atoms with Gasteiger partial charge < -0.3 is 14.8 Å². The lowest BCUT2D eigenvalue weighted by Gasteiger charge is -2.13. The zero-order chi connectivity index (χ0) is 30.4. The zero-order valence-electron chi connectivity index (χ0n) is 23.0. The van der Waals surface area contributed by atoms with Gasteiger partial charge in [-0.2, -0.15) is 0 Å². The number of nitrogens with one attached hydrogen (secondary N) is 1. The summed E-state index contributed by atoms with van der Waals surface area (Å²) in [6, 6.07) is 14.6. The molecular weight excluding hydrogens is 662 g/mol. The molecule has 13 heteroatoms. The lowest BCUT2D eigenvalue weighted by Crippen LogP contribution is -2.15. The Hall–Kier alpha value is -3.52. The molecule has 0 aliphatic rings. The summed E-state index contributed by atoms with van der Waals surface area (Å²) < 4.78 is 64.4. The molecular formula is C30H27BrF2N4O4S2. The van der Waals surface area contributed by atoms with Crippen molar-refractivity contribution in [2.45, 2.75) is 26.6 Å². The van der Waals surface area contributed by atoms with E-state index in [1.165, 1.54) is 35.9 Å². The highest BCUT2D eigenvalue weighted by Crippen LogP contribution is 2.34. The van der Waals surface area contributed by atoms with Gasteiger partial charge in [0.2, 0.25) is 0 Å². The van der Waals surface area contributed by atoms with Crippen LogP contribution in [0.15, 0.2) is 70.8 Å². The first kappa shape index (κ1) is 30.9. The largest absolute Gasteiger partial charge is 0.488 e. The number of hydrogen-bond acceptors (Lipinski definition) is 9. The van der Waals surface area contributed by atoms with Crippen LogP contribution in [0.25, 0.3) is 22.2 Å². The second-order valence-corrected chi connectivity index (χ2v) is 13.7. The van der Waals surface area contributed by atoms with Crippen molar-refractivity contribution in [3.05, 3.63) is 93.0 Å². The lowest BCUT2D eigenvalue weighted by molar-refractivity contribution is 0.135. The van der Waals surface area contributed by atoms with E-state index >= 15 is 4.39 Å². The van der Waals surface area contributed by atoms with Gasteiger partial charge in [0.15, 0.2) is 9.84 Å². The van der Waals surface area contributed by atoms with Crippen LogP contribution in [0.5, 0.6) is 5.75 Å². The van der Waals surface area contributed by atoms with Gasteiger partial charge in [-0.15, -0.1) is 11.3 Å². The Morgan fingerprint density at radius 1 is 1.02 bits per heavy atom. The van der Waals surface area contributed by atoms with Gasteiger partial charge in [0.25, 0.3) is 0 Å². The molecule has 0 fully saturated rings. The van der Waals surface area contributed by atoms with E-state index in [0.29, 0.717) is 55.3 Å². The summed E-state index contributed by atoms with van der Waals surface area (Å²) in [5.74, 6) is 0.334. The monoisotopic (exact) mass is 688 g/mol. The number of benzene rings is 3. The van der Waals surface area contributed by atoms with Crippen LogP contribution < -0.4 is 10.1 Å². The molecule has 1 N–H and O–H groups in total. The van der Waals surface area contributed by atoms with Crippen LogP contribution in [-0.4, -0.2) is 41.5 Å². The molecule has 0 saturated heterocycles. The first-order valence-corrected chi connectivity index (χ1v) is 16.8. The van der Waals surface area contributed by atoms with E-state index in [1.807, 2.05) is 19.1 Å². The third kappa shape index (κ3) is 8.11. The van der Waals surface area contributed by atoms with Crippen LogP contribution in [0.1, 0.15) is 23.9 Å². The van der Waals surface area contributed by atoms with E-state index in [4.69, 9.17) is 9.47 Å². The SMILES string of the molecule is CCCS(=O)(=O)CCOCc1nc(-c2cc3c(Nc4ccc(OCc5cccc(F)c5)c(Br)c4)ncnc3cc2F)cs1.